The van der Waals surface area contributed by atoms with Gasteiger partial charge in [0.05, 0.1) is 12.6 Å². The summed E-state index contributed by atoms with van der Waals surface area (Å²) >= 11 is 0. The molecule has 0 saturated heterocycles. The molecule has 174 valence electrons. The first-order chi connectivity index (χ1) is 15.7. The Hall–Kier alpha value is -2.57. The molecule has 2 heterocycles. The van der Waals surface area contributed by atoms with Gasteiger partial charge in [-0.15, -0.1) is 10.2 Å². The third kappa shape index (κ3) is 6.02. The summed E-state index contributed by atoms with van der Waals surface area (Å²) in [5.41, 5.74) is 2.37. The maximum atomic E-state index is 6.34. The van der Waals surface area contributed by atoms with Crippen molar-refractivity contribution < 1.29 is 4.74 Å². The minimum Gasteiger partial charge on any atom is -0.490 e. The zero-order chi connectivity index (χ0) is 22.2. The van der Waals surface area contributed by atoms with Gasteiger partial charge < -0.3 is 19.9 Å². The minimum atomic E-state index is 0.351. The fraction of sp³-hybridized carbons (Fsp3) is 0.640. The van der Waals surface area contributed by atoms with E-state index in [9.17, 15) is 0 Å². The summed E-state index contributed by atoms with van der Waals surface area (Å²) in [5.74, 6) is 4.04. The summed E-state index contributed by atoms with van der Waals surface area (Å²) < 4.78 is 8.66. The highest BCUT2D eigenvalue weighted by Gasteiger charge is 2.18. The summed E-state index contributed by atoms with van der Waals surface area (Å²) in [6.45, 7) is 7.46. The van der Waals surface area contributed by atoms with Crippen LogP contribution in [-0.2, 0) is 25.9 Å². The first kappa shape index (κ1) is 22.6. The first-order valence-corrected chi connectivity index (χ1v) is 12.4. The molecule has 7 nitrogen and oxygen atoms in total. The second kappa shape index (κ2) is 11.3. The molecule has 1 saturated carbocycles. The lowest BCUT2D eigenvalue weighted by molar-refractivity contribution is 0.208. The molecule has 2 N–H and O–H groups in total. The van der Waals surface area contributed by atoms with Gasteiger partial charge in [-0.25, -0.2) is 4.99 Å². The number of ether oxygens (including phenoxy) is 1. The van der Waals surface area contributed by atoms with Crippen molar-refractivity contribution >= 4 is 5.96 Å². The number of nitrogens with zero attached hydrogens (tertiary/aromatic N) is 4. The third-order valence-corrected chi connectivity index (χ3v) is 6.40. The van der Waals surface area contributed by atoms with Gasteiger partial charge in [-0.05, 0) is 64.0 Å². The molecule has 1 fully saturated rings. The Bertz CT molecular complexity index is 900. The summed E-state index contributed by atoms with van der Waals surface area (Å²) in [5, 5.41) is 15.7. The Morgan fingerprint density at radius 1 is 1.12 bits per heavy atom. The maximum absolute atomic E-state index is 6.34. The van der Waals surface area contributed by atoms with E-state index >= 15 is 0 Å². The molecule has 2 aromatic rings. The molecular formula is C25H38N6O. The molecule has 4 rings (SSSR count). The van der Waals surface area contributed by atoms with Gasteiger partial charge in [0.25, 0.3) is 0 Å². The van der Waals surface area contributed by atoms with Crippen LogP contribution in [-0.4, -0.2) is 39.9 Å². The summed E-state index contributed by atoms with van der Waals surface area (Å²) in [6, 6.07) is 6.45. The average Bonchev–Trinajstić information content (AvgIpc) is 3.37. The van der Waals surface area contributed by atoms with Crippen LogP contribution in [0.2, 0.25) is 0 Å². The predicted molar refractivity (Wildman–Crippen MR) is 128 cm³/mol. The van der Waals surface area contributed by atoms with E-state index in [1.54, 1.807) is 0 Å². The third-order valence-electron chi connectivity index (χ3n) is 6.40. The molecule has 1 aromatic carbocycles. The van der Waals surface area contributed by atoms with Crippen LogP contribution >= 0.6 is 0 Å². The van der Waals surface area contributed by atoms with E-state index in [4.69, 9.17) is 9.73 Å². The van der Waals surface area contributed by atoms with Crippen LogP contribution in [0.3, 0.4) is 0 Å². The summed E-state index contributed by atoms with van der Waals surface area (Å²) in [7, 11) is 0. The van der Waals surface area contributed by atoms with Crippen LogP contribution in [0, 0.1) is 6.92 Å². The highest BCUT2D eigenvalue weighted by atomic mass is 16.5. The molecule has 0 unspecified atom stereocenters. The molecule has 0 spiro atoms. The van der Waals surface area contributed by atoms with Gasteiger partial charge in [0.2, 0.25) is 0 Å². The van der Waals surface area contributed by atoms with Crippen molar-refractivity contribution in [3.05, 3.63) is 41.0 Å². The van der Waals surface area contributed by atoms with Crippen molar-refractivity contribution in [3.63, 3.8) is 0 Å². The van der Waals surface area contributed by atoms with Crippen LogP contribution in [0.5, 0.6) is 5.75 Å². The van der Waals surface area contributed by atoms with Gasteiger partial charge in [0.1, 0.15) is 17.4 Å². The highest BCUT2D eigenvalue weighted by molar-refractivity contribution is 5.79. The Balaban J connectivity index is 1.37. The van der Waals surface area contributed by atoms with Gasteiger partial charge in [-0.3, -0.25) is 0 Å². The number of benzene rings is 1. The van der Waals surface area contributed by atoms with Crippen LogP contribution in [0.4, 0.5) is 0 Å². The normalized spacial score (nSPS) is 17.1. The van der Waals surface area contributed by atoms with E-state index in [2.05, 4.69) is 57.4 Å². The predicted octanol–water partition coefficient (Wildman–Crippen LogP) is 3.93. The van der Waals surface area contributed by atoms with E-state index in [0.717, 1.165) is 74.2 Å². The topological polar surface area (TPSA) is 76.4 Å². The van der Waals surface area contributed by atoms with Crippen molar-refractivity contribution in [2.45, 2.75) is 90.8 Å². The lowest BCUT2D eigenvalue weighted by atomic mass is 10.1. The molecular weight excluding hydrogens is 400 g/mol. The number of guanidine groups is 1. The van der Waals surface area contributed by atoms with Crippen molar-refractivity contribution in [2.24, 2.45) is 4.99 Å². The second-order valence-electron chi connectivity index (χ2n) is 9.00. The maximum Gasteiger partial charge on any atom is 0.191 e. The molecule has 1 aliphatic heterocycles. The van der Waals surface area contributed by atoms with Gasteiger partial charge >= 0.3 is 0 Å². The highest BCUT2D eigenvalue weighted by Crippen LogP contribution is 2.28. The average molecular weight is 439 g/mol. The van der Waals surface area contributed by atoms with Crippen molar-refractivity contribution in [1.82, 2.24) is 25.4 Å². The number of rotatable bonds is 8. The lowest BCUT2D eigenvalue weighted by Crippen LogP contribution is -2.38. The molecule has 2 aliphatic rings. The van der Waals surface area contributed by atoms with E-state index in [0.29, 0.717) is 12.6 Å². The number of hydrogen-bond donors (Lipinski definition) is 2. The Morgan fingerprint density at radius 3 is 2.84 bits per heavy atom. The fourth-order valence-electron chi connectivity index (χ4n) is 4.62. The number of aliphatic imine (C=N–C) groups is 1. The monoisotopic (exact) mass is 438 g/mol. The van der Waals surface area contributed by atoms with Gasteiger partial charge in [-0.2, -0.15) is 0 Å². The molecule has 0 bridgehead atoms. The van der Waals surface area contributed by atoms with Crippen LogP contribution in [0.25, 0.3) is 0 Å². The molecule has 1 aliphatic carbocycles. The Morgan fingerprint density at radius 2 is 2.00 bits per heavy atom. The van der Waals surface area contributed by atoms with Crippen LogP contribution < -0.4 is 15.4 Å². The van der Waals surface area contributed by atoms with E-state index < -0.39 is 0 Å². The van der Waals surface area contributed by atoms with Crippen molar-refractivity contribution in [2.75, 3.05) is 13.1 Å². The SMILES string of the molecule is CCNC(=NCc1ccc(C)cc1OC1CCCC1)NCCc1nnc2n1CCCCC2. The number of hydrogen-bond acceptors (Lipinski definition) is 4. The lowest BCUT2D eigenvalue weighted by Gasteiger charge is -2.17. The zero-order valence-corrected chi connectivity index (χ0v) is 19.7. The fourth-order valence-corrected chi connectivity index (χ4v) is 4.62. The largest absolute Gasteiger partial charge is 0.490 e. The molecule has 0 amide bonds. The molecule has 7 heteroatoms. The molecule has 0 radical (unpaired) electrons. The molecule has 1 aromatic heterocycles. The molecule has 32 heavy (non-hydrogen) atoms. The van der Waals surface area contributed by atoms with Crippen LogP contribution in [0.15, 0.2) is 23.2 Å². The van der Waals surface area contributed by atoms with Gasteiger partial charge in [-0.1, -0.05) is 18.6 Å². The van der Waals surface area contributed by atoms with E-state index in [1.165, 1.54) is 37.7 Å². The number of nitrogens with one attached hydrogen (secondary N) is 2. The summed E-state index contributed by atoms with van der Waals surface area (Å²) in [4.78, 5) is 4.84. The first-order valence-electron chi connectivity index (χ1n) is 12.4. The second-order valence-corrected chi connectivity index (χ2v) is 9.00. The quantitative estimate of drug-likeness (QED) is 0.482. The van der Waals surface area contributed by atoms with Crippen molar-refractivity contribution in [3.8, 4) is 5.75 Å². The summed E-state index contributed by atoms with van der Waals surface area (Å²) in [6.07, 6.45) is 10.8. The standard InChI is InChI=1S/C25H38N6O/c1-3-26-25(27-15-14-24-30-29-23-11-5-4-8-16-31(23)24)28-18-20-13-12-19(2)17-22(20)32-21-9-6-7-10-21/h12-13,17,21H,3-11,14-16,18H2,1-2H3,(H2,26,27,28). The van der Waals surface area contributed by atoms with Crippen molar-refractivity contribution in [1.29, 1.82) is 0 Å². The number of aromatic nitrogens is 3. The zero-order valence-electron chi connectivity index (χ0n) is 19.7. The smallest absolute Gasteiger partial charge is 0.191 e. The minimum absolute atomic E-state index is 0.351. The number of aryl methyl sites for hydroxylation is 2. The Labute approximate surface area is 192 Å². The molecule has 0 atom stereocenters. The van der Waals surface area contributed by atoms with Crippen LogP contribution in [0.1, 0.15) is 74.6 Å². The van der Waals surface area contributed by atoms with Gasteiger partial charge in [0.15, 0.2) is 5.96 Å². The Kier molecular flexibility index (Phi) is 8.02. The van der Waals surface area contributed by atoms with E-state index in [1.807, 2.05) is 0 Å². The number of fused-ring (bicyclic) bond motifs is 1. The van der Waals surface area contributed by atoms with E-state index in [-0.39, 0.29) is 0 Å². The van der Waals surface area contributed by atoms with Gasteiger partial charge in [0, 0.05) is 38.0 Å².